The van der Waals surface area contributed by atoms with E-state index in [2.05, 4.69) is 23.9 Å². The lowest BCUT2D eigenvalue weighted by Gasteiger charge is -2.25. The fourth-order valence-electron chi connectivity index (χ4n) is 3.42. The van der Waals surface area contributed by atoms with E-state index in [9.17, 15) is 0 Å². The Labute approximate surface area is 126 Å². The first kappa shape index (κ1) is 14.6. The molecule has 5 nitrogen and oxygen atoms in total. The smallest absolute Gasteiger partial charge is 0.189 e. The third-order valence-electron chi connectivity index (χ3n) is 4.31. The summed E-state index contributed by atoms with van der Waals surface area (Å²) in [4.78, 5) is 4.78. The first-order chi connectivity index (χ1) is 10.1. The highest BCUT2D eigenvalue weighted by Crippen LogP contribution is 2.31. The molecule has 1 aromatic rings. The number of anilines is 1. The number of nitrogen functional groups attached to an aromatic ring is 1. The van der Waals surface area contributed by atoms with Crippen LogP contribution >= 0.6 is 0 Å². The predicted molar refractivity (Wildman–Crippen MR) is 83.1 cm³/mol. The van der Waals surface area contributed by atoms with Crippen LogP contribution in [0.4, 0.5) is 5.69 Å². The molecule has 0 bridgehead atoms. The molecule has 0 radical (unpaired) electrons. The van der Waals surface area contributed by atoms with Crippen LogP contribution in [-0.2, 0) is 17.9 Å². The summed E-state index contributed by atoms with van der Waals surface area (Å²) in [6, 6.07) is 3.98. The zero-order valence-electron chi connectivity index (χ0n) is 13.0. The lowest BCUT2D eigenvalue weighted by molar-refractivity contribution is -0.0173. The number of ether oxygens (including phenoxy) is 2. The van der Waals surface area contributed by atoms with E-state index in [-0.39, 0.29) is 0 Å². The Hall–Kier alpha value is -1.30. The highest BCUT2D eigenvalue weighted by Gasteiger charge is 2.22. The summed E-state index contributed by atoms with van der Waals surface area (Å²) in [5, 5.41) is 0. The molecule has 0 spiro atoms. The minimum absolute atomic E-state index is 0.334. The molecule has 5 heteroatoms. The molecule has 3 rings (SSSR count). The summed E-state index contributed by atoms with van der Waals surface area (Å²) < 4.78 is 11.0. The lowest BCUT2D eigenvalue weighted by Crippen LogP contribution is -2.27. The van der Waals surface area contributed by atoms with Gasteiger partial charge in [-0.15, -0.1) is 0 Å². The van der Waals surface area contributed by atoms with Gasteiger partial charge in [-0.25, -0.2) is 0 Å². The fourth-order valence-corrected chi connectivity index (χ4v) is 3.42. The van der Waals surface area contributed by atoms with E-state index < -0.39 is 0 Å². The third kappa shape index (κ3) is 3.48. The first-order valence-electron chi connectivity index (χ1n) is 7.60. The average molecular weight is 291 g/mol. The van der Waals surface area contributed by atoms with Gasteiger partial charge in [0.05, 0.1) is 6.61 Å². The molecule has 21 heavy (non-hydrogen) atoms. The van der Waals surface area contributed by atoms with Gasteiger partial charge < -0.3 is 25.0 Å². The second-order valence-electron chi connectivity index (χ2n) is 6.39. The van der Waals surface area contributed by atoms with Crippen molar-refractivity contribution >= 4 is 5.69 Å². The van der Waals surface area contributed by atoms with Crippen molar-refractivity contribution in [2.45, 2.75) is 19.6 Å². The molecule has 2 heterocycles. The Morgan fingerprint density at radius 1 is 1.43 bits per heavy atom. The molecule has 116 valence electrons. The van der Waals surface area contributed by atoms with Crippen molar-refractivity contribution in [1.29, 1.82) is 0 Å². The third-order valence-corrected chi connectivity index (χ3v) is 4.31. The van der Waals surface area contributed by atoms with Crippen LogP contribution in [0.3, 0.4) is 0 Å². The Morgan fingerprint density at radius 3 is 3.05 bits per heavy atom. The van der Waals surface area contributed by atoms with Crippen molar-refractivity contribution < 1.29 is 9.47 Å². The highest BCUT2D eigenvalue weighted by molar-refractivity contribution is 5.53. The summed E-state index contributed by atoms with van der Waals surface area (Å²) in [6.45, 7) is 5.32. The maximum atomic E-state index is 6.00. The number of benzene rings is 1. The van der Waals surface area contributed by atoms with Crippen molar-refractivity contribution in [1.82, 2.24) is 9.80 Å². The molecule has 0 amide bonds. The van der Waals surface area contributed by atoms with Gasteiger partial charge in [-0.2, -0.15) is 0 Å². The number of likely N-dealkylation sites (tertiary alicyclic amines) is 1. The Morgan fingerprint density at radius 2 is 2.29 bits per heavy atom. The van der Waals surface area contributed by atoms with E-state index in [1.807, 2.05) is 12.1 Å². The van der Waals surface area contributed by atoms with Gasteiger partial charge >= 0.3 is 0 Å². The number of nitrogens with two attached hydrogens (primary N) is 1. The standard InChI is InChI=1S/C16H25N3O2/c1-18-4-3-12(7-18)8-19(2)9-13-5-15(17)6-14-10-20-11-21-16(13)14/h5-6,12H,3-4,7-11,17H2,1-2H3. The summed E-state index contributed by atoms with van der Waals surface area (Å²) in [7, 11) is 4.37. The van der Waals surface area contributed by atoms with Crippen LogP contribution in [0.1, 0.15) is 17.5 Å². The van der Waals surface area contributed by atoms with E-state index in [0.717, 1.165) is 36.0 Å². The van der Waals surface area contributed by atoms with Gasteiger partial charge in [0.2, 0.25) is 0 Å². The molecule has 1 unspecified atom stereocenters. The Kier molecular flexibility index (Phi) is 4.33. The maximum Gasteiger partial charge on any atom is 0.189 e. The van der Waals surface area contributed by atoms with Gasteiger partial charge in [-0.3, -0.25) is 0 Å². The SMILES string of the molecule is CN1CCC(CN(C)Cc2cc(N)cc3c2OCOC3)C1. The average Bonchev–Trinajstić information content (AvgIpc) is 2.83. The fraction of sp³-hybridized carbons (Fsp3) is 0.625. The number of rotatable bonds is 4. The second kappa shape index (κ2) is 6.22. The molecule has 0 aliphatic carbocycles. The lowest BCUT2D eigenvalue weighted by atomic mass is 10.1. The van der Waals surface area contributed by atoms with Crippen LogP contribution in [0.2, 0.25) is 0 Å². The van der Waals surface area contributed by atoms with E-state index in [4.69, 9.17) is 15.2 Å². The second-order valence-corrected chi connectivity index (χ2v) is 6.39. The largest absolute Gasteiger partial charge is 0.467 e. The normalized spacial score (nSPS) is 22.3. The van der Waals surface area contributed by atoms with Crippen LogP contribution < -0.4 is 10.5 Å². The van der Waals surface area contributed by atoms with Crippen molar-refractivity contribution in [3.8, 4) is 5.75 Å². The first-order valence-corrected chi connectivity index (χ1v) is 7.60. The molecule has 1 fully saturated rings. The summed E-state index contributed by atoms with van der Waals surface area (Å²) in [6.07, 6.45) is 1.29. The topological polar surface area (TPSA) is 51.0 Å². The van der Waals surface area contributed by atoms with Crippen LogP contribution in [0.5, 0.6) is 5.75 Å². The van der Waals surface area contributed by atoms with E-state index in [1.165, 1.54) is 25.1 Å². The Balaban J connectivity index is 1.68. The van der Waals surface area contributed by atoms with Gasteiger partial charge in [0.1, 0.15) is 5.75 Å². The van der Waals surface area contributed by atoms with E-state index in [1.54, 1.807) is 0 Å². The van der Waals surface area contributed by atoms with Crippen molar-refractivity contribution in [3.63, 3.8) is 0 Å². The zero-order chi connectivity index (χ0) is 14.8. The van der Waals surface area contributed by atoms with Crippen LogP contribution in [0, 0.1) is 5.92 Å². The molecule has 1 saturated heterocycles. The molecule has 2 N–H and O–H groups in total. The number of nitrogens with zero attached hydrogens (tertiary/aromatic N) is 2. The van der Waals surface area contributed by atoms with Gasteiger partial charge in [0.15, 0.2) is 6.79 Å². The minimum Gasteiger partial charge on any atom is -0.467 e. The van der Waals surface area contributed by atoms with Crippen LogP contribution in [0.15, 0.2) is 12.1 Å². The van der Waals surface area contributed by atoms with Crippen molar-refractivity contribution in [2.75, 3.05) is 46.3 Å². The van der Waals surface area contributed by atoms with Crippen molar-refractivity contribution in [3.05, 3.63) is 23.3 Å². The molecule has 2 aliphatic heterocycles. The van der Waals surface area contributed by atoms with Crippen LogP contribution in [-0.4, -0.2) is 50.3 Å². The number of fused-ring (bicyclic) bond motifs is 1. The van der Waals surface area contributed by atoms with Gasteiger partial charge in [0.25, 0.3) is 0 Å². The molecule has 0 saturated carbocycles. The van der Waals surface area contributed by atoms with Gasteiger partial charge in [-0.05, 0) is 45.1 Å². The van der Waals surface area contributed by atoms with E-state index in [0.29, 0.717) is 13.4 Å². The minimum atomic E-state index is 0.334. The Bertz CT molecular complexity index is 507. The maximum absolute atomic E-state index is 6.00. The molecule has 0 aromatic heterocycles. The molecule has 1 atom stereocenters. The molecule has 1 aromatic carbocycles. The quantitative estimate of drug-likeness (QED) is 0.852. The van der Waals surface area contributed by atoms with E-state index >= 15 is 0 Å². The summed E-state index contributed by atoms with van der Waals surface area (Å²) >= 11 is 0. The molecule has 2 aliphatic rings. The summed E-state index contributed by atoms with van der Waals surface area (Å²) in [5.41, 5.74) is 9.02. The predicted octanol–water partition coefficient (Wildman–Crippen LogP) is 1.52. The molecular formula is C16H25N3O2. The highest BCUT2D eigenvalue weighted by atomic mass is 16.7. The van der Waals surface area contributed by atoms with Crippen LogP contribution in [0.25, 0.3) is 0 Å². The van der Waals surface area contributed by atoms with Gasteiger partial charge in [-0.1, -0.05) is 0 Å². The zero-order valence-corrected chi connectivity index (χ0v) is 13.0. The number of hydrogen-bond donors (Lipinski definition) is 1. The molecular weight excluding hydrogens is 266 g/mol. The number of hydrogen-bond acceptors (Lipinski definition) is 5. The van der Waals surface area contributed by atoms with Crippen molar-refractivity contribution in [2.24, 2.45) is 5.92 Å². The monoisotopic (exact) mass is 291 g/mol. The summed E-state index contributed by atoms with van der Waals surface area (Å²) in [5.74, 6) is 1.73. The van der Waals surface area contributed by atoms with Gasteiger partial charge in [0, 0.05) is 36.4 Å².